The third kappa shape index (κ3) is 2.50. The fourth-order valence-electron chi connectivity index (χ4n) is 2.30. The predicted molar refractivity (Wildman–Crippen MR) is 64.0 cm³/mol. The van der Waals surface area contributed by atoms with E-state index < -0.39 is 0 Å². The van der Waals surface area contributed by atoms with Crippen LogP contribution >= 0.6 is 0 Å². The van der Waals surface area contributed by atoms with E-state index in [4.69, 9.17) is 9.25 Å². The van der Waals surface area contributed by atoms with Crippen LogP contribution in [0, 0.1) is 0 Å². The third-order valence-electron chi connectivity index (χ3n) is 3.21. The van der Waals surface area contributed by atoms with E-state index in [1.54, 1.807) is 6.26 Å². The van der Waals surface area contributed by atoms with Gasteiger partial charge in [0.1, 0.15) is 11.8 Å². The first-order valence-corrected chi connectivity index (χ1v) is 6.11. The Labute approximate surface area is 100 Å². The first kappa shape index (κ1) is 10.8. The van der Waals surface area contributed by atoms with Crippen LogP contribution in [0.5, 0.6) is 0 Å². The Balaban J connectivity index is 1.52. The number of hydrogen-bond donors (Lipinski definition) is 1. The molecule has 3 rings (SSSR count). The van der Waals surface area contributed by atoms with Gasteiger partial charge in [-0.3, -0.25) is 4.90 Å². The number of nitrogens with zero attached hydrogens (tertiary/aromatic N) is 2. The molecule has 0 amide bonds. The molecule has 5 nitrogen and oxygen atoms in total. The van der Waals surface area contributed by atoms with Crippen molar-refractivity contribution in [3.8, 4) is 0 Å². The summed E-state index contributed by atoms with van der Waals surface area (Å²) in [5.41, 5.74) is 0.926. The molecule has 2 aliphatic rings. The van der Waals surface area contributed by atoms with Crippen molar-refractivity contribution in [2.45, 2.75) is 12.5 Å². The van der Waals surface area contributed by atoms with Crippen molar-refractivity contribution in [1.29, 1.82) is 0 Å². The summed E-state index contributed by atoms with van der Waals surface area (Å²) < 4.78 is 5.32. The number of furan rings is 1. The van der Waals surface area contributed by atoms with Gasteiger partial charge in [-0.15, -0.1) is 0 Å². The summed E-state index contributed by atoms with van der Waals surface area (Å²) in [6, 6.07) is 3.80. The summed E-state index contributed by atoms with van der Waals surface area (Å²) in [6.07, 6.45) is 2.69. The Morgan fingerprint density at radius 1 is 1.41 bits per heavy atom. The van der Waals surface area contributed by atoms with E-state index in [1.165, 1.54) is 0 Å². The molecule has 1 aromatic rings. The molecule has 0 aliphatic carbocycles. The molecule has 0 saturated carbocycles. The Morgan fingerprint density at radius 3 is 3.06 bits per heavy atom. The highest BCUT2D eigenvalue weighted by Crippen LogP contribution is 2.17. The van der Waals surface area contributed by atoms with Gasteiger partial charge in [0.05, 0.1) is 6.26 Å². The first-order chi connectivity index (χ1) is 8.42. The first-order valence-electron chi connectivity index (χ1n) is 6.11. The van der Waals surface area contributed by atoms with Crippen LogP contribution in [0.25, 0.3) is 0 Å². The summed E-state index contributed by atoms with van der Waals surface area (Å²) in [4.78, 5) is 7.88. The molecule has 0 bridgehead atoms. The monoisotopic (exact) mass is 235 g/mol. The highest BCUT2D eigenvalue weighted by molar-refractivity contribution is 5.98. The minimum Gasteiger partial charge on any atom is -0.463 e. The summed E-state index contributed by atoms with van der Waals surface area (Å²) in [5.74, 6) is 0.827. The largest absolute Gasteiger partial charge is 0.463 e. The van der Waals surface area contributed by atoms with E-state index in [9.17, 15) is 0 Å². The average molecular weight is 235 g/mol. The number of hydrogen-bond acceptors (Lipinski definition) is 5. The Bertz CT molecular complexity index is 382. The normalized spacial score (nSPS) is 25.6. The van der Waals surface area contributed by atoms with Crippen molar-refractivity contribution in [1.82, 2.24) is 10.2 Å². The maximum Gasteiger partial charge on any atom is 0.151 e. The molecule has 1 atom stereocenters. The fraction of sp³-hybridized carbons (Fsp3) is 0.583. The molecule has 92 valence electrons. The fourth-order valence-corrected chi connectivity index (χ4v) is 2.30. The van der Waals surface area contributed by atoms with Crippen molar-refractivity contribution >= 4 is 5.71 Å². The van der Waals surface area contributed by atoms with Gasteiger partial charge in [-0.1, -0.05) is 5.16 Å². The van der Waals surface area contributed by atoms with Crippen LogP contribution in [0.1, 0.15) is 12.2 Å². The van der Waals surface area contributed by atoms with Crippen molar-refractivity contribution in [3.63, 3.8) is 0 Å². The van der Waals surface area contributed by atoms with Crippen molar-refractivity contribution in [2.24, 2.45) is 5.16 Å². The molecule has 0 radical (unpaired) electrons. The van der Waals surface area contributed by atoms with Gasteiger partial charge in [-0.25, -0.2) is 0 Å². The second kappa shape index (κ2) is 4.89. The van der Waals surface area contributed by atoms with Crippen LogP contribution in [-0.2, 0) is 4.84 Å². The lowest BCUT2D eigenvalue weighted by atomic mass is 10.1. The van der Waals surface area contributed by atoms with E-state index in [2.05, 4.69) is 15.4 Å². The van der Waals surface area contributed by atoms with Crippen LogP contribution in [0.3, 0.4) is 0 Å². The highest BCUT2D eigenvalue weighted by Gasteiger charge is 2.26. The Kier molecular flexibility index (Phi) is 3.11. The molecule has 1 N–H and O–H groups in total. The number of nitrogens with one attached hydrogen (secondary N) is 1. The van der Waals surface area contributed by atoms with E-state index in [0.29, 0.717) is 0 Å². The molecule has 5 heteroatoms. The zero-order valence-corrected chi connectivity index (χ0v) is 9.76. The van der Waals surface area contributed by atoms with Gasteiger partial charge in [0, 0.05) is 39.1 Å². The zero-order chi connectivity index (χ0) is 11.5. The predicted octanol–water partition coefficient (Wildman–Crippen LogP) is 0.678. The van der Waals surface area contributed by atoms with Gasteiger partial charge in [-0.05, 0) is 12.1 Å². The van der Waals surface area contributed by atoms with E-state index in [1.807, 2.05) is 12.1 Å². The zero-order valence-electron chi connectivity index (χ0n) is 9.76. The van der Waals surface area contributed by atoms with Gasteiger partial charge in [0.15, 0.2) is 5.76 Å². The lowest BCUT2D eigenvalue weighted by Crippen LogP contribution is -2.46. The van der Waals surface area contributed by atoms with Crippen LogP contribution in [-0.4, -0.2) is 49.4 Å². The van der Waals surface area contributed by atoms with Gasteiger partial charge >= 0.3 is 0 Å². The van der Waals surface area contributed by atoms with Gasteiger partial charge in [0.2, 0.25) is 0 Å². The number of piperazine rings is 1. The standard InChI is InChI=1S/C12H17N3O2/c1-2-12(16-7-1)11-8-10(17-14-11)9-15-5-3-13-4-6-15/h1-2,7,10,13H,3-6,8-9H2. The van der Waals surface area contributed by atoms with Crippen LogP contribution in [0.2, 0.25) is 0 Å². The van der Waals surface area contributed by atoms with Gasteiger partial charge in [-0.2, -0.15) is 0 Å². The molecule has 1 saturated heterocycles. The summed E-state index contributed by atoms with van der Waals surface area (Å²) in [6.45, 7) is 5.28. The Hall–Kier alpha value is -1.33. The number of rotatable bonds is 3. The quantitative estimate of drug-likeness (QED) is 0.837. The van der Waals surface area contributed by atoms with E-state index in [-0.39, 0.29) is 6.10 Å². The summed E-state index contributed by atoms with van der Waals surface area (Å²) >= 11 is 0. The number of oxime groups is 1. The van der Waals surface area contributed by atoms with Crippen molar-refractivity contribution < 1.29 is 9.25 Å². The van der Waals surface area contributed by atoms with Crippen molar-refractivity contribution in [2.75, 3.05) is 32.7 Å². The molecule has 2 aliphatic heterocycles. The van der Waals surface area contributed by atoms with Crippen LogP contribution in [0.4, 0.5) is 0 Å². The summed E-state index contributed by atoms with van der Waals surface area (Å²) in [5, 5.41) is 7.45. The molecule has 0 aromatic carbocycles. The van der Waals surface area contributed by atoms with Gasteiger partial charge in [0.25, 0.3) is 0 Å². The highest BCUT2D eigenvalue weighted by atomic mass is 16.6. The molecule has 1 aromatic heterocycles. The van der Waals surface area contributed by atoms with Crippen LogP contribution < -0.4 is 5.32 Å². The minimum absolute atomic E-state index is 0.174. The van der Waals surface area contributed by atoms with Crippen molar-refractivity contribution in [3.05, 3.63) is 24.2 Å². The van der Waals surface area contributed by atoms with Crippen LogP contribution in [0.15, 0.2) is 28.0 Å². The summed E-state index contributed by atoms with van der Waals surface area (Å²) in [7, 11) is 0. The smallest absolute Gasteiger partial charge is 0.151 e. The SMILES string of the molecule is c1coc(C2=NOC(CN3CCNCC3)C2)c1. The molecular weight excluding hydrogens is 218 g/mol. The molecule has 1 fully saturated rings. The second-order valence-corrected chi connectivity index (χ2v) is 4.50. The third-order valence-corrected chi connectivity index (χ3v) is 3.21. The Morgan fingerprint density at radius 2 is 2.29 bits per heavy atom. The lowest BCUT2D eigenvalue weighted by molar-refractivity contribution is 0.0492. The molecule has 1 unspecified atom stereocenters. The lowest BCUT2D eigenvalue weighted by Gasteiger charge is -2.28. The average Bonchev–Trinajstić information content (AvgIpc) is 3.00. The second-order valence-electron chi connectivity index (χ2n) is 4.50. The molecular formula is C12H17N3O2. The van der Waals surface area contributed by atoms with E-state index >= 15 is 0 Å². The minimum atomic E-state index is 0.174. The van der Waals surface area contributed by atoms with E-state index in [0.717, 1.165) is 50.6 Å². The maximum absolute atomic E-state index is 5.46. The maximum atomic E-state index is 5.46. The molecule has 0 spiro atoms. The van der Waals surface area contributed by atoms with Gasteiger partial charge < -0.3 is 14.6 Å². The topological polar surface area (TPSA) is 50.0 Å². The molecule has 3 heterocycles. The molecule has 17 heavy (non-hydrogen) atoms.